The van der Waals surface area contributed by atoms with Gasteiger partial charge in [-0.2, -0.15) is 0 Å². The zero-order chi connectivity index (χ0) is 9.68. The number of amides is 1. The molecule has 0 aliphatic rings. The van der Waals surface area contributed by atoms with Crippen molar-refractivity contribution in [3.8, 4) is 0 Å². The normalized spacial score (nSPS) is 9.23. The van der Waals surface area contributed by atoms with Crippen LogP contribution in [0.2, 0.25) is 0 Å². The first kappa shape index (κ1) is 9.11. The minimum atomic E-state index is -1.51. The minimum absolute atomic E-state index is 0.0909. The average Bonchev–Trinajstić information content (AvgIpc) is 2.15. The predicted octanol–water partition coefficient (Wildman–Crippen LogP) is -0.823. The number of hydrogen-bond acceptors (Lipinski definition) is 4. The van der Waals surface area contributed by atoms with Crippen molar-refractivity contribution in [1.82, 2.24) is 15.3 Å². The van der Waals surface area contributed by atoms with Crippen molar-refractivity contribution in [2.75, 3.05) is 0 Å². The zero-order valence-corrected chi connectivity index (χ0v) is 6.60. The van der Waals surface area contributed by atoms with Crippen LogP contribution >= 0.6 is 0 Å². The average molecular weight is 181 g/mol. The number of carbonyl (C=O) groups is 2. The molecule has 0 aliphatic heterocycles. The number of carboxylic acid groups (broad SMARTS) is 1. The zero-order valence-electron chi connectivity index (χ0n) is 6.60. The smallest absolute Gasteiger partial charge is 0.394 e. The van der Waals surface area contributed by atoms with Crippen LogP contribution in [0.3, 0.4) is 0 Å². The summed E-state index contributed by atoms with van der Waals surface area (Å²) in [6, 6.07) is 1.59. The van der Waals surface area contributed by atoms with Crippen LogP contribution in [0, 0.1) is 0 Å². The fourth-order valence-electron chi connectivity index (χ4n) is 0.669. The Morgan fingerprint density at radius 2 is 2.31 bits per heavy atom. The Kier molecular flexibility index (Phi) is 2.91. The van der Waals surface area contributed by atoms with Gasteiger partial charge in [0.25, 0.3) is 0 Å². The van der Waals surface area contributed by atoms with Crippen molar-refractivity contribution >= 4 is 11.9 Å². The van der Waals surface area contributed by atoms with Crippen LogP contribution in [-0.2, 0) is 16.1 Å². The van der Waals surface area contributed by atoms with Gasteiger partial charge in [-0.05, 0) is 6.07 Å². The molecule has 0 aliphatic carbocycles. The summed E-state index contributed by atoms with van der Waals surface area (Å²) in [6.07, 6.45) is 2.83. The Labute approximate surface area is 73.6 Å². The third-order valence-electron chi connectivity index (χ3n) is 1.27. The Morgan fingerprint density at radius 1 is 1.54 bits per heavy atom. The Balaban J connectivity index is 2.44. The molecule has 6 heteroatoms. The van der Waals surface area contributed by atoms with Crippen LogP contribution in [-0.4, -0.2) is 27.0 Å². The van der Waals surface area contributed by atoms with Gasteiger partial charge in [0.05, 0.1) is 12.2 Å². The fourth-order valence-corrected chi connectivity index (χ4v) is 0.669. The van der Waals surface area contributed by atoms with Crippen molar-refractivity contribution < 1.29 is 14.7 Å². The summed E-state index contributed by atoms with van der Waals surface area (Å²) in [4.78, 5) is 28.1. The molecule has 68 valence electrons. The highest BCUT2D eigenvalue weighted by Gasteiger charge is 2.09. The summed E-state index contributed by atoms with van der Waals surface area (Å²) >= 11 is 0. The predicted molar refractivity (Wildman–Crippen MR) is 41.5 cm³/mol. The lowest BCUT2D eigenvalue weighted by Crippen LogP contribution is -2.30. The summed E-state index contributed by atoms with van der Waals surface area (Å²) < 4.78 is 0. The Hall–Kier alpha value is -1.98. The van der Waals surface area contributed by atoms with Crippen LogP contribution in [0.1, 0.15) is 5.69 Å². The topological polar surface area (TPSA) is 92.2 Å². The van der Waals surface area contributed by atoms with Gasteiger partial charge in [-0.15, -0.1) is 0 Å². The highest BCUT2D eigenvalue weighted by atomic mass is 16.4. The van der Waals surface area contributed by atoms with Gasteiger partial charge in [0, 0.05) is 6.20 Å². The van der Waals surface area contributed by atoms with Crippen LogP contribution in [0.4, 0.5) is 0 Å². The maximum absolute atomic E-state index is 10.6. The van der Waals surface area contributed by atoms with E-state index in [9.17, 15) is 9.59 Å². The molecule has 1 rings (SSSR count). The van der Waals surface area contributed by atoms with Gasteiger partial charge in [0.15, 0.2) is 0 Å². The molecule has 0 bridgehead atoms. The van der Waals surface area contributed by atoms with E-state index in [2.05, 4.69) is 15.3 Å². The first-order chi connectivity index (χ1) is 6.20. The number of carbonyl (C=O) groups excluding carboxylic acids is 1. The van der Waals surface area contributed by atoms with Gasteiger partial charge in [-0.1, -0.05) is 0 Å². The van der Waals surface area contributed by atoms with E-state index >= 15 is 0 Å². The lowest BCUT2D eigenvalue weighted by molar-refractivity contribution is -0.150. The largest absolute Gasteiger partial charge is 0.474 e. The molecule has 1 aromatic rings. The molecule has 0 radical (unpaired) electrons. The second kappa shape index (κ2) is 4.15. The van der Waals surface area contributed by atoms with Crippen molar-refractivity contribution in [2.45, 2.75) is 6.54 Å². The van der Waals surface area contributed by atoms with Gasteiger partial charge in [0.2, 0.25) is 0 Å². The standard InChI is InChI=1S/C7H7N3O3/c11-6(7(12)13)9-3-5-1-2-8-4-10-5/h1-2,4H,3H2,(H,9,11)(H,12,13). The van der Waals surface area contributed by atoms with Gasteiger partial charge in [0.1, 0.15) is 6.33 Å². The molecule has 0 saturated carbocycles. The molecule has 1 aromatic heterocycles. The van der Waals surface area contributed by atoms with E-state index in [0.29, 0.717) is 5.69 Å². The molecule has 0 fully saturated rings. The molecule has 1 amide bonds. The number of nitrogens with one attached hydrogen (secondary N) is 1. The summed E-state index contributed by atoms with van der Waals surface area (Å²) in [5.74, 6) is -2.55. The number of hydrogen-bond donors (Lipinski definition) is 2. The second-order valence-corrected chi connectivity index (χ2v) is 2.19. The quantitative estimate of drug-likeness (QED) is 0.581. The van der Waals surface area contributed by atoms with Crippen LogP contribution in [0.15, 0.2) is 18.6 Å². The van der Waals surface area contributed by atoms with E-state index in [1.54, 1.807) is 6.07 Å². The maximum atomic E-state index is 10.6. The van der Waals surface area contributed by atoms with Gasteiger partial charge in [-0.25, -0.2) is 14.8 Å². The number of carboxylic acids is 1. The summed E-state index contributed by atoms with van der Waals surface area (Å²) in [6.45, 7) is 0.0909. The monoisotopic (exact) mass is 181 g/mol. The van der Waals surface area contributed by atoms with Crippen LogP contribution < -0.4 is 5.32 Å². The number of aliphatic carboxylic acids is 1. The summed E-state index contributed by atoms with van der Waals surface area (Å²) in [5, 5.41) is 10.4. The molecule has 13 heavy (non-hydrogen) atoms. The summed E-state index contributed by atoms with van der Waals surface area (Å²) in [7, 11) is 0. The Bertz CT molecular complexity index is 312. The van der Waals surface area contributed by atoms with Crippen molar-refractivity contribution in [1.29, 1.82) is 0 Å². The third kappa shape index (κ3) is 2.86. The highest BCUT2D eigenvalue weighted by Crippen LogP contribution is 1.88. The van der Waals surface area contributed by atoms with E-state index in [0.717, 1.165) is 0 Å². The molecule has 0 saturated heterocycles. The van der Waals surface area contributed by atoms with E-state index in [1.807, 2.05) is 0 Å². The van der Waals surface area contributed by atoms with Gasteiger partial charge >= 0.3 is 11.9 Å². The van der Waals surface area contributed by atoms with E-state index in [4.69, 9.17) is 5.11 Å². The Morgan fingerprint density at radius 3 is 2.85 bits per heavy atom. The number of rotatable bonds is 2. The minimum Gasteiger partial charge on any atom is -0.474 e. The van der Waals surface area contributed by atoms with Gasteiger partial charge < -0.3 is 10.4 Å². The maximum Gasteiger partial charge on any atom is 0.394 e. The molecule has 1 heterocycles. The number of aromatic nitrogens is 2. The molecular formula is C7H7N3O3. The highest BCUT2D eigenvalue weighted by molar-refractivity contribution is 6.31. The van der Waals surface area contributed by atoms with Crippen LogP contribution in [0.25, 0.3) is 0 Å². The molecule has 0 spiro atoms. The van der Waals surface area contributed by atoms with E-state index in [1.165, 1.54) is 12.5 Å². The molecule has 6 nitrogen and oxygen atoms in total. The molecule has 0 atom stereocenters. The lowest BCUT2D eigenvalue weighted by Gasteiger charge is -1.99. The van der Waals surface area contributed by atoms with Crippen LogP contribution in [0.5, 0.6) is 0 Å². The second-order valence-electron chi connectivity index (χ2n) is 2.19. The molecule has 0 unspecified atom stereocenters. The summed E-state index contributed by atoms with van der Waals surface area (Å²) in [5.41, 5.74) is 0.560. The molecule has 2 N–H and O–H groups in total. The SMILES string of the molecule is O=C(O)C(=O)NCc1ccncn1. The fraction of sp³-hybridized carbons (Fsp3) is 0.143. The van der Waals surface area contributed by atoms with Crippen molar-refractivity contribution in [2.24, 2.45) is 0 Å². The van der Waals surface area contributed by atoms with E-state index in [-0.39, 0.29) is 6.54 Å². The third-order valence-corrected chi connectivity index (χ3v) is 1.27. The van der Waals surface area contributed by atoms with Gasteiger partial charge in [-0.3, -0.25) is 4.79 Å². The number of nitrogens with zero attached hydrogens (tertiary/aromatic N) is 2. The van der Waals surface area contributed by atoms with Crippen molar-refractivity contribution in [3.63, 3.8) is 0 Å². The lowest BCUT2D eigenvalue weighted by atomic mass is 10.4. The molecule has 0 aromatic carbocycles. The first-order valence-corrected chi connectivity index (χ1v) is 3.46. The molecular weight excluding hydrogens is 174 g/mol. The van der Waals surface area contributed by atoms with Crippen molar-refractivity contribution in [3.05, 3.63) is 24.3 Å². The first-order valence-electron chi connectivity index (χ1n) is 3.46. The van der Waals surface area contributed by atoms with E-state index < -0.39 is 11.9 Å².